The number of aryl methyl sites for hydroxylation is 1. The second-order valence-corrected chi connectivity index (χ2v) is 6.99. The van der Waals surface area contributed by atoms with E-state index in [0.717, 1.165) is 32.2 Å². The topological polar surface area (TPSA) is 64.0 Å². The van der Waals surface area contributed by atoms with Gasteiger partial charge in [-0.3, -0.25) is 14.2 Å². The molecule has 1 unspecified atom stereocenters. The predicted molar refractivity (Wildman–Crippen MR) is 95.9 cm³/mol. The normalized spacial score (nSPS) is 12.2. The maximum absolute atomic E-state index is 12.4. The van der Waals surface area contributed by atoms with Crippen LogP contribution in [0.15, 0.2) is 16.0 Å². The third-order valence-corrected chi connectivity index (χ3v) is 4.95. The van der Waals surface area contributed by atoms with Crippen molar-refractivity contribution in [2.45, 2.75) is 69.7 Å². The number of hydrogen-bond donors (Lipinski definition) is 1. The Morgan fingerprint density at radius 2 is 2.04 bits per heavy atom. The van der Waals surface area contributed by atoms with Gasteiger partial charge in [0.15, 0.2) is 5.16 Å². The second kappa shape index (κ2) is 10.5. The summed E-state index contributed by atoms with van der Waals surface area (Å²) in [6.45, 7) is 6.75. The van der Waals surface area contributed by atoms with Gasteiger partial charge in [0, 0.05) is 25.4 Å². The van der Waals surface area contributed by atoms with Gasteiger partial charge in [-0.15, -0.1) is 0 Å². The van der Waals surface area contributed by atoms with Crippen LogP contribution in [0, 0.1) is 6.92 Å². The molecule has 0 spiro atoms. The van der Waals surface area contributed by atoms with Crippen molar-refractivity contribution in [1.29, 1.82) is 0 Å². The molecule has 0 aliphatic rings. The van der Waals surface area contributed by atoms with Gasteiger partial charge in [-0.1, -0.05) is 51.3 Å². The quantitative estimate of drug-likeness (QED) is 0.404. The van der Waals surface area contributed by atoms with Crippen LogP contribution >= 0.6 is 11.8 Å². The van der Waals surface area contributed by atoms with E-state index in [1.165, 1.54) is 35.2 Å². The number of thioether (sulfide) groups is 1. The molecule has 6 heteroatoms. The van der Waals surface area contributed by atoms with Crippen molar-refractivity contribution in [2.24, 2.45) is 7.05 Å². The zero-order chi connectivity index (χ0) is 17.2. The number of carbonyl (C=O) groups is 1. The molecule has 0 saturated heterocycles. The number of unbranched alkanes of at least 4 members (excludes halogenated alkanes) is 3. The SMILES string of the molecule is CCCCCCNC(=O)C(CCC)Sc1nc(C)cc(=O)n1C. The molecule has 1 aromatic rings. The molecular weight excluding hydrogens is 310 g/mol. The molecule has 0 radical (unpaired) electrons. The largest absolute Gasteiger partial charge is 0.355 e. The fourth-order valence-electron chi connectivity index (χ4n) is 2.24. The highest BCUT2D eigenvalue weighted by Gasteiger charge is 2.21. The lowest BCUT2D eigenvalue weighted by molar-refractivity contribution is -0.120. The van der Waals surface area contributed by atoms with Crippen LogP contribution in [0.25, 0.3) is 0 Å². The van der Waals surface area contributed by atoms with E-state index in [1.54, 1.807) is 14.0 Å². The van der Waals surface area contributed by atoms with E-state index in [2.05, 4.69) is 24.1 Å². The summed E-state index contributed by atoms with van der Waals surface area (Å²) in [7, 11) is 1.70. The lowest BCUT2D eigenvalue weighted by atomic mass is 10.2. The van der Waals surface area contributed by atoms with Gasteiger partial charge in [0.1, 0.15) is 0 Å². The van der Waals surface area contributed by atoms with E-state index in [4.69, 9.17) is 0 Å². The Morgan fingerprint density at radius 1 is 1.30 bits per heavy atom. The second-order valence-electron chi connectivity index (χ2n) is 5.82. The van der Waals surface area contributed by atoms with Crippen molar-refractivity contribution < 1.29 is 4.79 Å². The molecule has 23 heavy (non-hydrogen) atoms. The molecule has 1 heterocycles. The van der Waals surface area contributed by atoms with Crippen molar-refractivity contribution in [3.05, 3.63) is 22.1 Å². The third-order valence-electron chi connectivity index (χ3n) is 3.64. The molecule has 5 nitrogen and oxygen atoms in total. The molecule has 0 aromatic carbocycles. The van der Waals surface area contributed by atoms with Gasteiger partial charge in [0.05, 0.1) is 5.25 Å². The summed E-state index contributed by atoms with van der Waals surface area (Å²) in [6, 6.07) is 1.51. The van der Waals surface area contributed by atoms with Gasteiger partial charge in [-0.05, 0) is 19.8 Å². The minimum atomic E-state index is -0.203. The average Bonchev–Trinajstić information content (AvgIpc) is 2.51. The molecule has 1 atom stereocenters. The van der Waals surface area contributed by atoms with Crippen LogP contribution in [0.5, 0.6) is 0 Å². The van der Waals surface area contributed by atoms with E-state index in [0.29, 0.717) is 10.9 Å². The molecule has 1 rings (SSSR count). The Bertz CT molecular complexity index is 557. The van der Waals surface area contributed by atoms with E-state index >= 15 is 0 Å². The summed E-state index contributed by atoms with van der Waals surface area (Å²) in [5.74, 6) is 0.0455. The molecule has 130 valence electrons. The summed E-state index contributed by atoms with van der Waals surface area (Å²) < 4.78 is 1.51. The van der Waals surface area contributed by atoms with Crippen LogP contribution in [0.1, 0.15) is 58.1 Å². The Balaban J connectivity index is 2.67. The van der Waals surface area contributed by atoms with Crippen molar-refractivity contribution >= 4 is 17.7 Å². The molecular formula is C17H29N3O2S. The van der Waals surface area contributed by atoms with E-state index in [-0.39, 0.29) is 16.7 Å². The van der Waals surface area contributed by atoms with Gasteiger partial charge in [-0.25, -0.2) is 4.98 Å². The molecule has 1 aromatic heterocycles. The Hall–Kier alpha value is -1.30. The van der Waals surface area contributed by atoms with Crippen LogP contribution < -0.4 is 10.9 Å². The molecule has 0 bridgehead atoms. The standard InChI is InChI=1S/C17H29N3O2S/c1-5-7-8-9-11-18-16(22)14(10-6-2)23-17-19-13(3)12-15(21)20(17)4/h12,14H,5-11H2,1-4H3,(H,18,22). The first-order chi connectivity index (χ1) is 11.0. The minimum absolute atomic E-state index is 0.0455. The lowest BCUT2D eigenvalue weighted by Gasteiger charge is -2.17. The molecule has 0 fully saturated rings. The Labute approximate surface area is 143 Å². The number of nitrogens with zero attached hydrogens (tertiary/aromatic N) is 2. The van der Waals surface area contributed by atoms with Crippen LogP contribution in [-0.4, -0.2) is 27.3 Å². The van der Waals surface area contributed by atoms with Crippen LogP contribution in [-0.2, 0) is 11.8 Å². The average molecular weight is 340 g/mol. The maximum atomic E-state index is 12.4. The highest BCUT2D eigenvalue weighted by molar-refractivity contribution is 8.00. The van der Waals surface area contributed by atoms with Gasteiger partial charge < -0.3 is 5.32 Å². The van der Waals surface area contributed by atoms with Crippen molar-refractivity contribution in [3.8, 4) is 0 Å². The first-order valence-electron chi connectivity index (χ1n) is 8.48. The summed E-state index contributed by atoms with van der Waals surface area (Å²) >= 11 is 1.38. The number of hydrogen-bond acceptors (Lipinski definition) is 4. The minimum Gasteiger partial charge on any atom is -0.355 e. The maximum Gasteiger partial charge on any atom is 0.254 e. The van der Waals surface area contributed by atoms with Gasteiger partial charge in [0.25, 0.3) is 5.56 Å². The smallest absolute Gasteiger partial charge is 0.254 e. The molecule has 1 amide bonds. The number of amides is 1. The number of nitrogens with one attached hydrogen (secondary N) is 1. The van der Waals surface area contributed by atoms with Gasteiger partial charge >= 0.3 is 0 Å². The first kappa shape index (κ1) is 19.7. The van der Waals surface area contributed by atoms with Crippen molar-refractivity contribution in [2.75, 3.05) is 6.54 Å². The van der Waals surface area contributed by atoms with Crippen molar-refractivity contribution in [3.63, 3.8) is 0 Å². The number of carbonyl (C=O) groups excluding carboxylic acids is 1. The van der Waals surface area contributed by atoms with E-state index in [1.807, 2.05) is 0 Å². The lowest BCUT2D eigenvalue weighted by Crippen LogP contribution is -2.34. The number of aromatic nitrogens is 2. The fraction of sp³-hybridized carbons (Fsp3) is 0.706. The zero-order valence-corrected chi connectivity index (χ0v) is 15.5. The zero-order valence-electron chi connectivity index (χ0n) is 14.7. The van der Waals surface area contributed by atoms with E-state index < -0.39 is 0 Å². The van der Waals surface area contributed by atoms with Crippen LogP contribution in [0.3, 0.4) is 0 Å². The monoisotopic (exact) mass is 339 g/mol. The van der Waals surface area contributed by atoms with Crippen molar-refractivity contribution in [1.82, 2.24) is 14.9 Å². The van der Waals surface area contributed by atoms with Crippen LogP contribution in [0.2, 0.25) is 0 Å². The van der Waals surface area contributed by atoms with Gasteiger partial charge in [0.2, 0.25) is 5.91 Å². The van der Waals surface area contributed by atoms with Crippen LogP contribution in [0.4, 0.5) is 0 Å². The highest BCUT2D eigenvalue weighted by Crippen LogP contribution is 2.24. The molecule has 0 saturated carbocycles. The summed E-state index contributed by atoms with van der Waals surface area (Å²) in [4.78, 5) is 28.7. The Morgan fingerprint density at radius 3 is 2.70 bits per heavy atom. The number of rotatable bonds is 10. The van der Waals surface area contributed by atoms with E-state index in [9.17, 15) is 9.59 Å². The van der Waals surface area contributed by atoms with Gasteiger partial charge in [-0.2, -0.15) is 0 Å². The third kappa shape index (κ3) is 6.77. The summed E-state index contributed by atoms with van der Waals surface area (Å²) in [5.41, 5.74) is 0.598. The summed E-state index contributed by atoms with van der Waals surface area (Å²) in [6.07, 6.45) is 6.25. The summed E-state index contributed by atoms with van der Waals surface area (Å²) in [5, 5.41) is 3.42. The first-order valence-corrected chi connectivity index (χ1v) is 9.36. The predicted octanol–water partition coefficient (Wildman–Crippen LogP) is 3.05. The highest BCUT2D eigenvalue weighted by atomic mass is 32.2. The molecule has 0 aliphatic heterocycles. The fourth-order valence-corrected chi connectivity index (χ4v) is 3.49. The Kier molecular flexibility index (Phi) is 8.99. The molecule has 1 N–H and O–H groups in total. The molecule has 0 aliphatic carbocycles.